The second-order valence-electron chi connectivity index (χ2n) is 3.92. The second-order valence-corrected chi connectivity index (χ2v) is 3.92. The van der Waals surface area contributed by atoms with Crippen molar-refractivity contribution in [3.8, 4) is 0 Å². The number of aromatic nitrogens is 3. The van der Waals surface area contributed by atoms with E-state index in [-0.39, 0.29) is 17.9 Å². The Labute approximate surface area is 89.7 Å². The van der Waals surface area contributed by atoms with Crippen LogP contribution in [0.3, 0.4) is 0 Å². The number of carbonyl (C=O) groups is 1. The quantitative estimate of drug-likeness (QED) is 0.787. The molecule has 1 amide bonds. The summed E-state index contributed by atoms with van der Waals surface area (Å²) in [6.07, 6.45) is 0.479. The largest absolute Gasteiger partial charge is 0.346 e. The van der Waals surface area contributed by atoms with Gasteiger partial charge in [-0.05, 0) is 12.8 Å². The van der Waals surface area contributed by atoms with Gasteiger partial charge in [-0.3, -0.25) is 9.89 Å². The van der Waals surface area contributed by atoms with Gasteiger partial charge in [0.05, 0.1) is 6.04 Å². The van der Waals surface area contributed by atoms with Crippen LogP contribution in [0.2, 0.25) is 0 Å². The number of aryl methyl sites for hydroxylation is 1. The molecule has 0 fully saturated rings. The van der Waals surface area contributed by atoms with Crippen LogP contribution in [0.1, 0.15) is 44.9 Å². The van der Waals surface area contributed by atoms with E-state index in [9.17, 15) is 4.79 Å². The number of H-pyrrole nitrogens is 1. The molecule has 1 aromatic heterocycles. The van der Waals surface area contributed by atoms with E-state index in [0.29, 0.717) is 12.2 Å². The van der Waals surface area contributed by atoms with Gasteiger partial charge in [0.1, 0.15) is 5.82 Å². The Morgan fingerprint density at radius 2 is 2.20 bits per heavy atom. The van der Waals surface area contributed by atoms with Crippen molar-refractivity contribution in [3.63, 3.8) is 0 Å². The number of hydrogen-bond acceptors (Lipinski definition) is 3. The van der Waals surface area contributed by atoms with Gasteiger partial charge in [-0.25, -0.2) is 4.98 Å². The number of aromatic amines is 1. The standard InChI is InChI=1S/C10H18N4O/c1-5-8(15)12-9(6(2)3)10-11-7(4)13-14-10/h6,9H,5H2,1-4H3,(H,12,15)(H,11,13,14). The fourth-order valence-electron chi connectivity index (χ4n) is 1.30. The molecule has 0 radical (unpaired) electrons. The third-order valence-corrected chi connectivity index (χ3v) is 2.20. The summed E-state index contributed by atoms with van der Waals surface area (Å²) in [5, 5.41) is 9.77. The maximum Gasteiger partial charge on any atom is 0.220 e. The average Bonchev–Trinajstić information content (AvgIpc) is 2.60. The molecular weight excluding hydrogens is 192 g/mol. The van der Waals surface area contributed by atoms with Crippen LogP contribution in [0.4, 0.5) is 0 Å². The Bertz CT molecular complexity index is 332. The molecule has 5 nitrogen and oxygen atoms in total. The summed E-state index contributed by atoms with van der Waals surface area (Å²) >= 11 is 0. The van der Waals surface area contributed by atoms with Crippen LogP contribution in [0.5, 0.6) is 0 Å². The van der Waals surface area contributed by atoms with Crippen molar-refractivity contribution in [2.45, 2.75) is 40.2 Å². The molecule has 0 aliphatic heterocycles. The van der Waals surface area contributed by atoms with Crippen molar-refractivity contribution >= 4 is 5.91 Å². The molecule has 0 aromatic carbocycles. The SMILES string of the molecule is CCC(=O)NC(c1n[nH]c(C)n1)C(C)C. The monoisotopic (exact) mass is 210 g/mol. The van der Waals surface area contributed by atoms with Crippen LogP contribution in [0.25, 0.3) is 0 Å². The van der Waals surface area contributed by atoms with Crippen LogP contribution >= 0.6 is 0 Å². The fraction of sp³-hybridized carbons (Fsp3) is 0.700. The van der Waals surface area contributed by atoms with Crippen molar-refractivity contribution < 1.29 is 4.79 Å². The summed E-state index contributed by atoms with van der Waals surface area (Å²) in [7, 11) is 0. The van der Waals surface area contributed by atoms with Gasteiger partial charge < -0.3 is 5.32 Å². The van der Waals surface area contributed by atoms with E-state index in [1.807, 2.05) is 27.7 Å². The molecule has 0 spiro atoms. The molecule has 1 unspecified atom stereocenters. The first kappa shape index (κ1) is 11.7. The number of hydrogen-bond donors (Lipinski definition) is 2. The van der Waals surface area contributed by atoms with Crippen LogP contribution < -0.4 is 5.32 Å². The normalized spacial score (nSPS) is 12.9. The Balaban J connectivity index is 2.79. The molecule has 1 heterocycles. The predicted molar refractivity (Wildman–Crippen MR) is 57.1 cm³/mol. The van der Waals surface area contributed by atoms with E-state index in [0.717, 1.165) is 5.82 Å². The molecule has 1 atom stereocenters. The minimum absolute atomic E-state index is 0.0242. The van der Waals surface area contributed by atoms with Gasteiger partial charge in [-0.15, -0.1) is 0 Å². The Hall–Kier alpha value is -1.39. The number of nitrogens with one attached hydrogen (secondary N) is 2. The van der Waals surface area contributed by atoms with Gasteiger partial charge in [-0.2, -0.15) is 5.10 Å². The first-order valence-electron chi connectivity index (χ1n) is 5.22. The third-order valence-electron chi connectivity index (χ3n) is 2.20. The molecule has 84 valence electrons. The van der Waals surface area contributed by atoms with Crippen molar-refractivity contribution in [1.82, 2.24) is 20.5 Å². The van der Waals surface area contributed by atoms with Gasteiger partial charge in [-0.1, -0.05) is 20.8 Å². The highest BCUT2D eigenvalue weighted by molar-refractivity contribution is 5.75. The maximum atomic E-state index is 11.3. The van der Waals surface area contributed by atoms with Crippen molar-refractivity contribution in [2.24, 2.45) is 5.92 Å². The molecule has 2 N–H and O–H groups in total. The zero-order chi connectivity index (χ0) is 11.4. The highest BCUT2D eigenvalue weighted by atomic mass is 16.1. The van der Waals surface area contributed by atoms with E-state index in [1.54, 1.807) is 0 Å². The average molecular weight is 210 g/mol. The van der Waals surface area contributed by atoms with Crippen molar-refractivity contribution in [2.75, 3.05) is 0 Å². The predicted octanol–water partition coefficient (Wildman–Crippen LogP) is 1.34. The summed E-state index contributed by atoms with van der Waals surface area (Å²) in [4.78, 5) is 15.6. The lowest BCUT2D eigenvalue weighted by Gasteiger charge is -2.18. The van der Waals surface area contributed by atoms with Gasteiger partial charge >= 0.3 is 0 Å². The first-order valence-corrected chi connectivity index (χ1v) is 5.22. The van der Waals surface area contributed by atoms with Gasteiger partial charge in [0.2, 0.25) is 5.91 Å². The molecule has 1 rings (SSSR count). The molecule has 0 aliphatic carbocycles. The number of amides is 1. The fourth-order valence-corrected chi connectivity index (χ4v) is 1.30. The van der Waals surface area contributed by atoms with Crippen LogP contribution in [0.15, 0.2) is 0 Å². The summed E-state index contributed by atoms with van der Waals surface area (Å²) in [5.41, 5.74) is 0. The molecule has 1 aromatic rings. The molecule has 5 heteroatoms. The minimum Gasteiger partial charge on any atom is -0.346 e. The van der Waals surface area contributed by atoms with E-state index >= 15 is 0 Å². The van der Waals surface area contributed by atoms with Crippen molar-refractivity contribution in [1.29, 1.82) is 0 Å². The minimum atomic E-state index is -0.109. The Kier molecular flexibility index (Phi) is 3.82. The number of rotatable bonds is 4. The molecule has 0 saturated carbocycles. The summed E-state index contributed by atoms with van der Waals surface area (Å²) in [5.74, 6) is 1.72. The highest BCUT2D eigenvalue weighted by Gasteiger charge is 2.21. The number of carbonyl (C=O) groups excluding carboxylic acids is 1. The van der Waals surface area contributed by atoms with Crippen LogP contribution in [0, 0.1) is 12.8 Å². The van der Waals surface area contributed by atoms with Crippen LogP contribution in [-0.2, 0) is 4.79 Å². The Morgan fingerprint density at radius 3 is 2.60 bits per heavy atom. The summed E-state index contributed by atoms with van der Waals surface area (Å²) in [6, 6.07) is -0.109. The van der Waals surface area contributed by atoms with Gasteiger partial charge in [0.25, 0.3) is 0 Å². The summed E-state index contributed by atoms with van der Waals surface area (Å²) in [6.45, 7) is 7.74. The molecule has 15 heavy (non-hydrogen) atoms. The van der Waals surface area contributed by atoms with Crippen LogP contribution in [-0.4, -0.2) is 21.1 Å². The second kappa shape index (κ2) is 4.91. The lowest BCUT2D eigenvalue weighted by molar-refractivity contribution is -0.121. The zero-order valence-corrected chi connectivity index (χ0v) is 9.66. The smallest absolute Gasteiger partial charge is 0.220 e. The third kappa shape index (κ3) is 3.04. The van der Waals surface area contributed by atoms with E-state index in [1.165, 1.54) is 0 Å². The topological polar surface area (TPSA) is 70.7 Å². The highest BCUT2D eigenvalue weighted by Crippen LogP contribution is 2.17. The van der Waals surface area contributed by atoms with Gasteiger partial charge in [0.15, 0.2) is 5.82 Å². The Morgan fingerprint density at radius 1 is 1.53 bits per heavy atom. The lowest BCUT2D eigenvalue weighted by atomic mass is 10.0. The summed E-state index contributed by atoms with van der Waals surface area (Å²) < 4.78 is 0. The molecular formula is C10H18N4O. The molecule has 0 bridgehead atoms. The van der Waals surface area contributed by atoms with Gasteiger partial charge in [0, 0.05) is 6.42 Å². The van der Waals surface area contributed by atoms with E-state index < -0.39 is 0 Å². The lowest BCUT2D eigenvalue weighted by Crippen LogP contribution is -2.31. The van der Waals surface area contributed by atoms with Crippen molar-refractivity contribution in [3.05, 3.63) is 11.6 Å². The first-order chi connectivity index (χ1) is 7.04. The molecule has 0 saturated heterocycles. The maximum absolute atomic E-state index is 11.3. The number of nitrogens with zero attached hydrogens (tertiary/aromatic N) is 2. The van der Waals surface area contributed by atoms with E-state index in [4.69, 9.17) is 0 Å². The zero-order valence-electron chi connectivity index (χ0n) is 9.66. The van der Waals surface area contributed by atoms with E-state index in [2.05, 4.69) is 20.5 Å². The molecule has 0 aliphatic rings.